The van der Waals surface area contributed by atoms with Crippen LogP contribution >= 0.6 is 0 Å². The van der Waals surface area contributed by atoms with Gasteiger partial charge in [0.05, 0.1) is 55.9 Å². The summed E-state index contributed by atoms with van der Waals surface area (Å²) in [6.07, 6.45) is -8.55. The summed E-state index contributed by atoms with van der Waals surface area (Å²) < 4.78 is 74.2. The highest BCUT2D eigenvalue weighted by atomic mass is 19.4. The zero-order valence-corrected chi connectivity index (χ0v) is 28.4. The normalized spacial score (nSPS) is 21.8. The summed E-state index contributed by atoms with van der Waals surface area (Å²) in [5.74, 6) is -0.928. The van der Waals surface area contributed by atoms with Gasteiger partial charge in [-0.15, -0.1) is 0 Å². The predicted molar refractivity (Wildman–Crippen MR) is 184 cm³/mol. The number of rotatable bonds is 14. The lowest BCUT2D eigenvalue weighted by molar-refractivity contribution is -0.141. The first-order valence-corrected chi connectivity index (χ1v) is 17.0. The molecular weight excluding hydrogens is 677 g/mol. The number of nitrogens with one attached hydrogen (secondary N) is 2. The predicted octanol–water partition coefficient (Wildman–Crippen LogP) is 7.03. The van der Waals surface area contributed by atoms with Crippen molar-refractivity contribution >= 4 is 12.0 Å². The number of benzene rings is 4. The number of carbonyl (C=O) groups excluding carboxylic acids is 2. The Morgan fingerprint density at radius 2 is 1.29 bits per heavy atom. The first kappa shape index (κ1) is 36.8. The summed E-state index contributed by atoms with van der Waals surface area (Å²) in [6.45, 7) is 2.07. The fourth-order valence-corrected chi connectivity index (χ4v) is 6.36. The smallest absolute Gasteiger partial charge is 0.416 e. The topological polar surface area (TPSA) is 104 Å². The Bertz CT molecular complexity index is 1820. The molecule has 272 valence electrons. The van der Waals surface area contributed by atoms with Crippen molar-refractivity contribution in [3.05, 3.63) is 154 Å². The third-order valence-electron chi connectivity index (χ3n) is 8.73. The molecule has 4 aromatic carbocycles. The molecule has 0 unspecified atom stereocenters. The van der Waals surface area contributed by atoms with Crippen molar-refractivity contribution in [1.29, 1.82) is 0 Å². The summed E-state index contributed by atoms with van der Waals surface area (Å²) in [5.41, 5.74) is 0.971. The van der Waals surface area contributed by atoms with Gasteiger partial charge in [0, 0.05) is 0 Å². The Labute approximate surface area is 299 Å². The highest BCUT2D eigenvalue weighted by Crippen LogP contribution is 2.41. The van der Waals surface area contributed by atoms with Crippen molar-refractivity contribution in [2.75, 3.05) is 13.2 Å². The second kappa shape index (κ2) is 17.0. The quantitative estimate of drug-likeness (QED) is 0.135. The molecule has 12 heteroatoms. The molecule has 5 atom stereocenters. The van der Waals surface area contributed by atoms with E-state index in [0.29, 0.717) is 0 Å². The molecule has 4 aromatic rings. The van der Waals surface area contributed by atoms with Crippen molar-refractivity contribution < 1.29 is 46.4 Å². The minimum atomic E-state index is -4.78. The monoisotopic (exact) mass is 716 g/mol. The molecule has 52 heavy (non-hydrogen) atoms. The molecule has 1 saturated heterocycles. The number of esters is 1. The Hall–Kier alpha value is -5.01. The van der Waals surface area contributed by atoms with Crippen molar-refractivity contribution in [1.82, 2.24) is 10.6 Å². The first-order chi connectivity index (χ1) is 25.2. The highest BCUT2D eigenvalue weighted by Gasteiger charge is 2.52. The van der Waals surface area contributed by atoms with E-state index in [1.807, 2.05) is 91.0 Å². The number of hydrogen-bond acceptors (Lipinski definition) is 7. The van der Waals surface area contributed by atoms with Crippen LogP contribution in [0.3, 0.4) is 0 Å². The Balaban J connectivity index is 1.43. The van der Waals surface area contributed by atoms with E-state index in [1.165, 1.54) is 18.2 Å². The van der Waals surface area contributed by atoms with Crippen molar-refractivity contribution in [2.24, 2.45) is 0 Å². The molecule has 0 radical (unpaired) electrons. The van der Waals surface area contributed by atoms with E-state index in [-0.39, 0.29) is 49.9 Å². The second-order valence-corrected chi connectivity index (χ2v) is 12.3. The lowest BCUT2D eigenvalue weighted by Crippen LogP contribution is -2.51. The van der Waals surface area contributed by atoms with Crippen LogP contribution in [0.5, 0.6) is 0 Å². The summed E-state index contributed by atoms with van der Waals surface area (Å²) in [7, 11) is 0. The molecular formula is C40H39F3N2O7. The summed E-state index contributed by atoms with van der Waals surface area (Å²) in [4.78, 5) is 27.1. The number of halogens is 3. The van der Waals surface area contributed by atoms with Gasteiger partial charge >= 0.3 is 18.2 Å². The second-order valence-electron chi connectivity index (χ2n) is 12.3. The largest absolute Gasteiger partial charge is 0.463 e. The van der Waals surface area contributed by atoms with Crippen molar-refractivity contribution in [3.8, 4) is 0 Å². The van der Waals surface area contributed by atoms with Crippen molar-refractivity contribution in [3.63, 3.8) is 0 Å². The third-order valence-corrected chi connectivity index (χ3v) is 8.73. The summed E-state index contributed by atoms with van der Waals surface area (Å²) >= 11 is 0. The van der Waals surface area contributed by atoms with Crippen LogP contribution in [0.4, 0.5) is 18.0 Å². The lowest BCUT2D eigenvalue weighted by Gasteiger charge is -2.34. The summed E-state index contributed by atoms with van der Waals surface area (Å²) in [5, 5.41) is 5.20. The molecule has 6 rings (SSSR count). The van der Waals surface area contributed by atoms with E-state index in [2.05, 4.69) is 10.6 Å². The number of hydrogen-bond donors (Lipinski definition) is 2. The van der Waals surface area contributed by atoms with E-state index in [1.54, 1.807) is 6.92 Å². The molecule has 2 amide bonds. The van der Waals surface area contributed by atoms with Gasteiger partial charge in [0.2, 0.25) is 0 Å². The zero-order valence-electron chi connectivity index (χ0n) is 28.4. The van der Waals surface area contributed by atoms with E-state index in [9.17, 15) is 22.8 Å². The molecule has 0 aliphatic carbocycles. The SMILES string of the molecule is CCOC(=O)C1=C([C@@H]2O[C@H](COCc3ccccc3)[C@@H](OCc3ccccc3)[C@H]2OCc2ccccc2)NC(=O)N[C@@H]1c1ccccc1C(F)(F)F. The molecule has 2 aliphatic heterocycles. The number of alkyl halides is 3. The maximum atomic E-state index is 14.3. The van der Waals surface area contributed by atoms with Gasteiger partial charge < -0.3 is 34.3 Å². The van der Waals surface area contributed by atoms with Crippen LogP contribution in [0.1, 0.15) is 40.8 Å². The molecule has 9 nitrogen and oxygen atoms in total. The van der Waals surface area contributed by atoms with Gasteiger partial charge in [-0.2, -0.15) is 13.2 Å². The standard InChI is InChI=1S/C40H39F3N2O7/c1-2-49-38(46)32-33(29-20-12-13-21-30(29)40(41,42)43)44-39(47)45-34(32)36-37(51-24-28-18-10-5-11-19-28)35(50-23-27-16-8-4-9-17-27)31(52-36)25-48-22-26-14-6-3-7-15-26/h3-21,31,33,35-37H,2,22-25H2,1H3,(H2,44,45,47)/t31-,33-,35-,36+,37-/m1/s1. The molecule has 1 fully saturated rings. The molecule has 2 heterocycles. The highest BCUT2D eigenvalue weighted by molar-refractivity contribution is 5.95. The number of ether oxygens (including phenoxy) is 5. The fourth-order valence-electron chi connectivity index (χ4n) is 6.36. The Kier molecular flexibility index (Phi) is 12.0. The maximum Gasteiger partial charge on any atom is 0.416 e. The van der Waals surface area contributed by atoms with Gasteiger partial charge in [-0.3, -0.25) is 0 Å². The summed E-state index contributed by atoms with van der Waals surface area (Å²) in [6, 6.07) is 30.8. The van der Waals surface area contributed by atoms with Crippen LogP contribution in [0.15, 0.2) is 127 Å². The molecule has 0 aromatic heterocycles. The zero-order chi connectivity index (χ0) is 36.5. The van der Waals surface area contributed by atoms with Gasteiger partial charge in [0.1, 0.15) is 24.4 Å². The minimum absolute atomic E-state index is 0.0323. The molecule has 2 N–H and O–H groups in total. The minimum Gasteiger partial charge on any atom is -0.463 e. The number of carbonyl (C=O) groups is 2. The fraction of sp³-hybridized carbons (Fsp3) is 0.300. The Morgan fingerprint density at radius 1 is 0.750 bits per heavy atom. The van der Waals surface area contributed by atoms with Gasteiger partial charge in [-0.25, -0.2) is 9.59 Å². The van der Waals surface area contributed by atoms with E-state index >= 15 is 0 Å². The van der Waals surface area contributed by atoms with Crippen LogP contribution in [-0.2, 0) is 54.5 Å². The van der Waals surface area contributed by atoms with Crippen molar-refractivity contribution in [2.45, 2.75) is 63.4 Å². The average Bonchev–Trinajstić information content (AvgIpc) is 3.50. The average molecular weight is 717 g/mol. The van der Waals surface area contributed by atoms with E-state index in [0.717, 1.165) is 22.8 Å². The van der Waals surface area contributed by atoms with Crippen LogP contribution in [0.25, 0.3) is 0 Å². The van der Waals surface area contributed by atoms with E-state index < -0.39 is 54.2 Å². The van der Waals surface area contributed by atoms with Gasteiger partial charge in [0.25, 0.3) is 0 Å². The number of amides is 2. The maximum absolute atomic E-state index is 14.3. The molecule has 0 bridgehead atoms. The van der Waals surface area contributed by atoms with Crippen LogP contribution < -0.4 is 10.6 Å². The van der Waals surface area contributed by atoms with Gasteiger partial charge in [-0.1, -0.05) is 109 Å². The van der Waals surface area contributed by atoms with Crippen LogP contribution in [-0.4, -0.2) is 49.6 Å². The first-order valence-electron chi connectivity index (χ1n) is 17.0. The van der Waals surface area contributed by atoms with E-state index in [4.69, 9.17) is 23.7 Å². The molecule has 2 aliphatic rings. The molecule has 0 spiro atoms. The Morgan fingerprint density at radius 3 is 1.87 bits per heavy atom. The third kappa shape index (κ3) is 8.88. The number of urea groups is 1. The van der Waals surface area contributed by atoms with Gasteiger partial charge in [-0.05, 0) is 35.2 Å². The van der Waals surface area contributed by atoms with Crippen LogP contribution in [0, 0.1) is 0 Å². The molecule has 0 saturated carbocycles. The lowest BCUT2D eigenvalue weighted by atomic mass is 9.89. The van der Waals surface area contributed by atoms with Crippen LogP contribution in [0.2, 0.25) is 0 Å². The van der Waals surface area contributed by atoms with Gasteiger partial charge in [0.15, 0.2) is 0 Å².